The van der Waals surface area contributed by atoms with Gasteiger partial charge in [-0.2, -0.15) is 0 Å². The van der Waals surface area contributed by atoms with Gasteiger partial charge in [0.1, 0.15) is 0 Å². The Bertz CT molecular complexity index is 463. The van der Waals surface area contributed by atoms with E-state index in [1.165, 1.54) is 0 Å². The minimum atomic E-state index is 0.729. The Hall–Kier alpha value is -1.05. The maximum atomic E-state index is 5.98. The molecule has 0 saturated carbocycles. The lowest BCUT2D eigenvalue weighted by Crippen LogP contribution is -2.16. The lowest BCUT2D eigenvalue weighted by atomic mass is 10.4. The zero-order chi connectivity index (χ0) is 12.3. The molecule has 0 radical (unpaired) electrons. The Kier molecular flexibility index (Phi) is 4.03. The molecule has 0 fully saturated rings. The molecule has 0 spiro atoms. The number of nitrogen functional groups attached to an aromatic ring is 1. The number of nitrogens with two attached hydrogens (primary N) is 1. The summed E-state index contributed by atoms with van der Waals surface area (Å²) >= 11 is 3.23. The quantitative estimate of drug-likeness (QED) is 0.656. The third kappa shape index (κ3) is 2.99. The highest BCUT2D eigenvalue weighted by molar-refractivity contribution is 7.99. The van der Waals surface area contributed by atoms with Crippen molar-refractivity contribution in [2.24, 2.45) is 0 Å². The normalized spacial score (nSPS) is 11.2. The molecule has 92 valence electrons. The van der Waals surface area contributed by atoms with Crippen LogP contribution < -0.4 is 5.84 Å². The second-order valence-corrected chi connectivity index (χ2v) is 5.81. The van der Waals surface area contributed by atoms with Gasteiger partial charge in [0.05, 0.1) is 4.88 Å². The number of hydrogen-bond acceptors (Lipinski definition) is 6. The molecule has 5 nitrogen and oxygen atoms in total. The number of thioether (sulfide) groups is 1. The fourth-order valence-electron chi connectivity index (χ4n) is 1.27. The predicted octanol–water partition coefficient (Wildman–Crippen LogP) is 1.37. The highest BCUT2D eigenvalue weighted by Gasteiger charge is 2.12. The molecule has 7 heteroatoms. The Labute approximate surface area is 109 Å². The first-order valence-corrected chi connectivity index (χ1v) is 7.07. The van der Waals surface area contributed by atoms with Crippen molar-refractivity contribution in [1.29, 1.82) is 0 Å². The van der Waals surface area contributed by atoms with E-state index < -0.39 is 0 Å². The minimum absolute atomic E-state index is 0.729. The van der Waals surface area contributed by atoms with Crippen LogP contribution in [-0.2, 0) is 0 Å². The zero-order valence-corrected chi connectivity index (χ0v) is 11.5. The summed E-state index contributed by atoms with van der Waals surface area (Å²) in [6.45, 7) is 0.992. The van der Waals surface area contributed by atoms with Gasteiger partial charge in [-0.3, -0.25) is 0 Å². The van der Waals surface area contributed by atoms with E-state index in [0.717, 1.165) is 28.2 Å². The summed E-state index contributed by atoms with van der Waals surface area (Å²) in [6.07, 6.45) is 0. The van der Waals surface area contributed by atoms with Gasteiger partial charge in [0.25, 0.3) is 0 Å². The van der Waals surface area contributed by atoms with E-state index in [0.29, 0.717) is 0 Å². The predicted molar refractivity (Wildman–Crippen MR) is 72.8 cm³/mol. The van der Waals surface area contributed by atoms with Crippen LogP contribution in [0, 0.1) is 0 Å². The molecular formula is C10H15N5S2. The number of aromatic nitrogens is 3. The fraction of sp³-hybridized carbons (Fsp3) is 0.400. The first-order valence-electron chi connectivity index (χ1n) is 5.20. The topological polar surface area (TPSA) is 60.0 Å². The van der Waals surface area contributed by atoms with Crippen molar-refractivity contribution in [3.63, 3.8) is 0 Å². The van der Waals surface area contributed by atoms with Crippen molar-refractivity contribution in [3.05, 3.63) is 17.5 Å². The van der Waals surface area contributed by atoms with Gasteiger partial charge in [-0.1, -0.05) is 17.8 Å². The van der Waals surface area contributed by atoms with Gasteiger partial charge in [-0.05, 0) is 25.5 Å². The first kappa shape index (κ1) is 12.4. The van der Waals surface area contributed by atoms with Gasteiger partial charge in [0.2, 0.25) is 5.16 Å². The molecule has 2 aromatic heterocycles. The number of hydrogen-bond donors (Lipinski definition) is 1. The third-order valence-electron chi connectivity index (χ3n) is 2.18. The lowest BCUT2D eigenvalue weighted by Gasteiger charge is -2.07. The van der Waals surface area contributed by atoms with Crippen LogP contribution in [-0.4, -0.2) is 46.2 Å². The fourth-order valence-corrected chi connectivity index (χ4v) is 2.94. The van der Waals surface area contributed by atoms with Crippen molar-refractivity contribution < 1.29 is 0 Å². The van der Waals surface area contributed by atoms with Crippen LogP contribution in [0.5, 0.6) is 0 Å². The van der Waals surface area contributed by atoms with Gasteiger partial charge >= 0.3 is 0 Å². The maximum Gasteiger partial charge on any atom is 0.210 e. The van der Waals surface area contributed by atoms with Crippen LogP contribution in [0.4, 0.5) is 0 Å². The molecule has 2 N–H and O–H groups in total. The summed E-state index contributed by atoms with van der Waals surface area (Å²) in [5.41, 5.74) is 0. The Balaban J connectivity index is 2.05. The van der Waals surface area contributed by atoms with E-state index in [-0.39, 0.29) is 0 Å². The van der Waals surface area contributed by atoms with Crippen molar-refractivity contribution in [3.8, 4) is 10.7 Å². The average Bonchev–Trinajstić information content (AvgIpc) is 2.88. The molecule has 0 amide bonds. The second kappa shape index (κ2) is 5.52. The molecule has 2 rings (SSSR count). The smallest absolute Gasteiger partial charge is 0.210 e. The molecule has 0 unspecified atom stereocenters. The van der Waals surface area contributed by atoms with Crippen LogP contribution in [0.2, 0.25) is 0 Å². The molecule has 0 aliphatic carbocycles. The molecule has 0 bridgehead atoms. The van der Waals surface area contributed by atoms with Crippen LogP contribution in [0.1, 0.15) is 0 Å². The SMILES string of the molecule is CN(C)CCSc1nnc(-c2cccs2)n1N. The van der Waals surface area contributed by atoms with E-state index >= 15 is 0 Å². The van der Waals surface area contributed by atoms with E-state index in [1.807, 2.05) is 31.6 Å². The van der Waals surface area contributed by atoms with Gasteiger partial charge < -0.3 is 10.7 Å². The Morgan fingerprint density at radius 1 is 1.47 bits per heavy atom. The van der Waals surface area contributed by atoms with Gasteiger partial charge in [-0.25, -0.2) is 4.68 Å². The highest BCUT2D eigenvalue weighted by atomic mass is 32.2. The minimum Gasteiger partial charge on any atom is -0.335 e. The van der Waals surface area contributed by atoms with Crippen LogP contribution in [0.3, 0.4) is 0 Å². The molecule has 0 aliphatic heterocycles. The molecule has 0 aliphatic rings. The maximum absolute atomic E-state index is 5.98. The van der Waals surface area contributed by atoms with Gasteiger partial charge in [-0.15, -0.1) is 21.5 Å². The summed E-state index contributed by atoms with van der Waals surface area (Å²) in [5, 5.41) is 11.0. The molecule has 0 atom stereocenters. The van der Waals surface area contributed by atoms with Gasteiger partial charge in [0.15, 0.2) is 5.82 Å². The van der Waals surface area contributed by atoms with Gasteiger partial charge in [0, 0.05) is 12.3 Å². The summed E-state index contributed by atoms with van der Waals surface area (Å²) in [7, 11) is 4.09. The summed E-state index contributed by atoms with van der Waals surface area (Å²) in [5.74, 6) is 7.66. The summed E-state index contributed by atoms with van der Waals surface area (Å²) in [6, 6.07) is 3.97. The van der Waals surface area contributed by atoms with Crippen LogP contribution in [0.15, 0.2) is 22.7 Å². The molecule has 2 aromatic rings. The molecule has 2 heterocycles. The molecule has 17 heavy (non-hydrogen) atoms. The van der Waals surface area contributed by atoms with Crippen molar-refractivity contribution in [2.75, 3.05) is 32.2 Å². The lowest BCUT2D eigenvalue weighted by molar-refractivity contribution is 0.437. The largest absolute Gasteiger partial charge is 0.335 e. The number of nitrogens with zero attached hydrogens (tertiary/aromatic N) is 4. The Morgan fingerprint density at radius 3 is 2.94 bits per heavy atom. The molecular weight excluding hydrogens is 254 g/mol. The molecule has 0 saturated heterocycles. The number of rotatable bonds is 5. The van der Waals surface area contributed by atoms with Crippen LogP contribution >= 0.6 is 23.1 Å². The van der Waals surface area contributed by atoms with E-state index in [4.69, 9.17) is 5.84 Å². The van der Waals surface area contributed by atoms with Crippen molar-refractivity contribution in [1.82, 2.24) is 19.8 Å². The average molecular weight is 269 g/mol. The third-order valence-corrected chi connectivity index (χ3v) is 3.96. The van der Waals surface area contributed by atoms with Crippen molar-refractivity contribution >= 4 is 23.1 Å². The first-order chi connectivity index (χ1) is 8.18. The molecule has 0 aromatic carbocycles. The zero-order valence-electron chi connectivity index (χ0n) is 9.83. The van der Waals surface area contributed by atoms with E-state index in [2.05, 4.69) is 15.1 Å². The van der Waals surface area contributed by atoms with E-state index in [1.54, 1.807) is 27.8 Å². The standard InChI is InChI=1S/C10H15N5S2/c1-14(2)5-7-17-10-13-12-9(15(10)11)8-4-3-6-16-8/h3-4,6H,5,7,11H2,1-2H3. The summed E-state index contributed by atoms with van der Waals surface area (Å²) in [4.78, 5) is 3.17. The monoisotopic (exact) mass is 269 g/mol. The van der Waals surface area contributed by atoms with Crippen molar-refractivity contribution in [2.45, 2.75) is 5.16 Å². The second-order valence-electron chi connectivity index (χ2n) is 3.81. The van der Waals surface area contributed by atoms with Crippen LogP contribution in [0.25, 0.3) is 10.7 Å². The summed E-state index contributed by atoms with van der Waals surface area (Å²) < 4.78 is 1.56. The highest BCUT2D eigenvalue weighted by Crippen LogP contribution is 2.24. The Morgan fingerprint density at radius 2 is 2.29 bits per heavy atom. The van der Waals surface area contributed by atoms with E-state index in [9.17, 15) is 0 Å². The number of thiophene rings is 1.